The lowest BCUT2D eigenvalue weighted by molar-refractivity contribution is -0.135. The molecule has 1 aromatic heterocycles. The zero-order valence-corrected chi connectivity index (χ0v) is 16.5. The first-order valence-electron chi connectivity index (χ1n) is 9.28. The minimum Gasteiger partial charge on any atom is -0.380 e. The number of carbonyl (C=O) groups excluding carboxylic acids is 2. The molecule has 1 saturated heterocycles. The van der Waals surface area contributed by atoms with Crippen LogP contribution in [0.4, 0.5) is 5.69 Å². The molecule has 29 heavy (non-hydrogen) atoms. The third-order valence-corrected chi connectivity index (χ3v) is 5.42. The Morgan fingerprint density at radius 3 is 2.72 bits per heavy atom. The fourth-order valence-electron chi connectivity index (χ4n) is 3.63. The van der Waals surface area contributed by atoms with Crippen LogP contribution < -0.4 is 16.2 Å². The maximum Gasteiger partial charge on any atom is 0.264 e. The van der Waals surface area contributed by atoms with Crippen molar-refractivity contribution in [2.45, 2.75) is 32.4 Å². The zero-order valence-electron chi connectivity index (χ0n) is 15.7. The molecule has 1 fully saturated rings. The predicted octanol–water partition coefficient (Wildman–Crippen LogP) is 2.95. The first kappa shape index (κ1) is 19.1. The second-order valence-electron chi connectivity index (χ2n) is 6.95. The van der Waals surface area contributed by atoms with Gasteiger partial charge in [0, 0.05) is 23.7 Å². The topological polar surface area (TPSA) is 93.1 Å². The van der Waals surface area contributed by atoms with Crippen LogP contribution in [0.3, 0.4) is 0 Å². The van der Waals surface area contributed by atoms with Gasteiger partial charge in [-0.3, -0.25) is 24.3 Å². The Balaban J connectivity index is 1.77. The number of nitrogens with one attached hydrogen (secondary N) is 2. The number of carbonyl (C=O) groups is 2. The van der Waals surface area contributed by atoms with Gasteiger partial charge in [-0.05, 0) is 37.1 Å². The van der Waals surface area contributed by atoms with Gasteiger partial charge in [-0.1, -0.05) is 35.9 Å². The van der Waals surface area contributed by atoms with Crippen molar-refractivity contribution < 1.29 is 9.59 Å². The predicted molar refractivity (Wildman–Crippen MR) is 111 cm³/mol. The first-order chi connectivity index (χ1) is 14.0. The van der Waals surface area contributed by atoms with E-state index >= 15 is 0 Å². The molecular formula is C21H19ClN4O3. The maximum atomic E-state index is 13.4. The summed E-state index contributed by atoms with van der Waals surface area (Å²) in [6.07, 6.45) is 0.459. The molecule has 1 atom stereocenters. The molecule has 1 unspecified atom stereocenters. The van der Waals surface area contributed by atoms with Crippen LogP contribution in [0.5, 0.6) is 0 Å². The highest BCUT2D eigenvalue weighted by Crippen LogP contribution is 2.24. The number of imide groups is 1. The second kappa shape index (κ2) is 7.67. The van der Waals surface area contributed by atoms with Crippen LogP contribution in [0.2, 0.25) is 5.02 Å². The van der Waals surface area contributed by atoms with E-state index in [0.717, 1.165) is 5.56 Å². The first-order valence-corrected chi connectivity index (χ1v) is 9.66. The van der Waals surface area contributed by atoms with Crippen molar-refractivity contribution >= 4 is 40.0 Å². The molecule has 0 bridgehead atoms. The summed E-state index contributed by atoms with van der Waals surface area (Å²) in [4.78, 5) is 41.7. The summed E-state index contributed by atoms with van der Waals surface area (Å²) in [6.45, 7) is 2.12. The molecular weight excluding hydrogens is 392 g/mol. The normalized spacial score (nSPS) is 16.7. The smallest absolute Gasteiger partial charge is 0.264 e. The Hall–Kier alpha value is -3.19. The summed E-state index contributed by atoms with van der Waals surface area (Å²) >= 11 is 6.23. The number of piperidine rings is 1. The number of hydrogen-bond acceptors (Lipinski definition) is 5. The molecule has 8 heteroatoms. The van der Waals surface area contributed by atoms with Gasteiger partial charge in [-0.25, -0.2) is 4.98 Å². The highest BCUT2D eigenvalue weighted by Gasteiger charge is 2.30. The molecule has 7 nitrogen and oxygen atoms in total. The van der Waals surface area contributed by atoms with Crippen LogP contribution >= 0.6 is 11.6 Å². The molecule has 0 spiro atoms. The number of nitrogens with zero attached hydrogens (tertiary/aromatic N) is 2. The molecule has 2 amide bonds. The van der Waals surface area contributed by atoms with Crippen LogP contribution in [0.1, 0.15) is 30.3 Å². The van der Waals surface area contributed by atoms with Crippen molar-refractivity contribution in [3.63, 3.8) is 0 Å². The Kier molecular flexibility index (Phi) is 5.07. The third-order valence-electron chi connectivity index (χ3n) is 5.05. The van der Waals surface area contributed by atoms with Crippen molar-refractivity contribution in [2.24, 2.45) is 0 Å². The summed E-state index contributed by atoms with van der Waals surface area (Å²) in [5.41, 5.74) is 1.74. The van der Waals surface area contributed by atoms with Gasteiger partial charge in [0.1, 0.15) is 11.9 Å². The summed E-state index contributed by atoms with van der Waals surface area (Å²) in [5.74, 6) is -0.373. The molecule has 1 aliphatic heterocycles. The number of halogens is 1. The van der Waals surface area contributed by atoms with E-state index < -0.39 is 11.9 Å². The average molecular weight is 411 g/mol. The molecule has 1 aliphatic rings. The molecule has 2 N–H and O–H groups in total. The van der Waals surface area contributed by atoms with Gasteiger partial charge in [-0.15, -0.1) is 0 Å². The molecule has 2 aromatic carbocycles. The number of anilines is 1. The molecule has 148 valence electrons. The van der Waals surface area contributed by atoms with Crippen molar-refractivity contribution in [3.05, 3.63) is 69.2 Å². The Bertz CT molecular complexity index is 1190. The highest BCUT2D eigenvalue weighted by atomic mass is 35.5. The van der Waals surface area contributed by atoms with Crippen molar-refractivity contribution in [1.82, 2.24) is 14.9 Å². The molecule has 3 aromatic rings. The number of aromatic nitrogens is 2. The molecule has 0 aliphatic carbocycles. The lowest BCUT2D eigenvalue weighted by atomic mass is 10.1. The molecule has 4 rings (SSSR count). The zero-order chi connectivity index (χ0) is 20.5. The Morgan fingerprint density at radius 1 is 1.17 bits per heavy atom. The van der Waals surface area contributed by atoms with Gasteiger partial charge in [0.25, 0.3) is 5.56 Å². The van der Waals surface area contributed by atoms with E-state index in [1.165, 1.54) is 4.57 Å². The summed E-state index contributed by atoms with van der Waals surface area (Å²) in [7, 11) is 0. The maximum absolute atomic E-state index is 13.4. The molecule has 0 saturated carbocycles. The summed E-state index contributed by atoms with van der Waals surface area (Å²) in [5, 5.41) is 6.60. The van der Waals surface area contributed by atoms with Crippen molar-refractivity contribution in [3.8, 4) is 0 Å². The standard InChI is InChI=1S/C21H19ClN4O3/c1-12-24-16-8-4-7-15(23-11-13-5-2-3-6-14(13)22)19(16)21(29)26(12)17-9-10-18(27)25-20(17)28/h2-8,17,23H,9-11H2,1H3,(H,25,27,28). The second-order valence-corrected chi connectivity index (χ2v) is 7.35. The highest BCUT2D eigenvalue weighted by molar-refractivity contribution is 6.31. The van der Waals surface area contributed by atoms with Crippen LogP contribution in [-0.4, -0.2) is 21.4 Å². The molecule has 0 radical (unpaired) electrons. The van der Waals surface area contributed by atoms with E-state index in [0.29, 0.717) is 34.0 Å². The van der Waals surface area contributed by atoms with Gasteiger partial charge in [0.2, 0.25) is 11.8 Å². The Morgan fingerprint density at radius 2 is 1.97 bits per heavy atom. The van der Waals surface area contributed by atoms with E-state index in [-0.39, 0.29) is 24.3 Å². The minimum atomic E-state index is -0.756. The number of aryl methyl sites for hydroxylation is 1. The van der Waals surface area contributed by atoms with Crippen molar-refractivity contribution in [1.29, 1.82) is 0 Å². The van der Waals surface area contributed by atoms with E-state index in [9.17, 15) is 14.4 Å². The fraction of sp³-hybridized carbons (Fsp3) is 0.238. The number of benzene rings is 2. The van der Waals surface area contributed by atoms with Gasteiger partial charge < -0.3 is 5.32 Å². The quantitative estimate of drug-likeness (QED) is 0.645. The number of hydrogen-bond donors (Lipinski definition) is 2. The number of fused-ring (bicyclic) bond motifs is 1. The SMILES string of the molecule is Cc1nc2cccc(NCc3ccccc3Cl)c2c(=O)n1C1CCC(=O)NC1=O. The van der Waals surface area contributed by atoms with Crippen LogP contribution in [-0.2, 0) is 16.1 Å². The van der Waals surface area contributed by atoms with Gasteiger partial charge in [0.15, 0.2) is 0 Å². The molecule has 2 heterocycles. The van der Waals surface area contributed by atoms with Gasteiger partial charge in [0.05, 0.1) is 10.9 Å². The van der Waals surface area contributed by atoms with Crippen molar-refractivity contribution in [2.75, 3.05) is 5.32 Å². The van der Waals surface area contributed by atoms with Crippen LogP contribution in [0.25, 0.3) is 10.9 Å². The van der Waals surface area contributed by atoms with Crippen LogP contribution in [0.15, 0.2) is 47.3 Å². The third kappa shape index (κ3) is 3.61. The lowest BCUT2D eigenvalue weighted by Crippen LogP contribution is -2.45. The van der Waals surface area contributed by atoms with E-state index in [2.05, 4.69) is 15.6 Å². The lowest BCUT2D eigenvalue weighted by Gasteiger charge is -2.24. The minimum absolute atomic E-state index is 0.187. The van der Waals surface area contributed by atoms with E-state index in [1.54, 1.807) is 19.1 Å². The summed E-state index contributed by atoms with van der Waals surface area (Å²) < 4.78 is 1.38. The van der Waals surface area contributed by atoms with E-state index in [1.807, 2.05) is 30.3 Å². The largest absolute Gasteiger partial charge is 0.380 e. The van der Waals surface area contributed by atoms with Gasteiger partial charge >= 0.3 is 0 Å². The van der Waals surface area contributed by atoms with Gasteiger partial charge in [-0.2, -0.15) is 0 Å². The number of amides is 2. The monoisotopic (exact) mass is 410 g/mol. The fourth-order valence-corrected chi connectivity index (χ4v) is 3.83. The number of rotatable bonds is 4. The van der Waals surface area contributed by atoms with E-state index in [4.69, 9.17) is 11.6 Å². The summed E-state index contributed by atoms with van der Waals surface area (Å²) in [6, 6.07) is 12.1. The average Bonchev–Trinajstić information content (AvgIpc) is 2.68. The van der Waals surface area contributed by atoms with Crippen LogP contribution in [0, 0.1) is 6.92 Å². The Labute approximate surface area is 171 Å².